The number of morpholine rings is 1. The molecule has 5 aromatic carbocycles. The Kier molecular flexibility index (Phi) is 7.01. The summed E-state index contributed by atoms with van der Waals surface area (Å²) in [4.78, 5) is 20.8. The first kappa shape index (κ1) is 32.1. The number of hydrogen-bond acceptors (Lipinski definition) is 6. The summed E-state index contributed by atoms with van der Waals surface area (Å²) < 4.78 is 7.73. The van der Waals surface area contributed by atoms with Gasteiger partial charge in [0.15, 0.2) is 0 Å². The van der Waals surface area contributed by atoms with E-state index in [1.807, 2.05) is 0 Å². The van der Waals surface area contributed by atoms with Crippen molar-refractivity contribution >= 4 is 11.7 Å². The molecule has 0 aromatic heterocycles. The molecule has 0 spiro atoms. The van der Waals surface area contributed by atoms with Crippen LogP contribution in [0.1, 0.15) is 71.3 Å². The van der Waals surface area contributed by atoms with Crippen molar-refractivity contribution in [3.05, 3.63) is 179 Å². The summed E-state index contributed by atoms with van der Waals surface area (Å²) in [6.07, 6.45) is 4.52. The van der Waals surface area contributed by atoms with Gasteiger partial charge in [0.1, 0.15) is 11.7 Å². The van der Waals surface area contributed by atoms with Crippen molar-refractivity contribution in [2.24, 2.45) is 9.98 Å². The van der Waals surface area contributed by atoms with Gasteiger partial charge >= 0.3 is 0 Å². The molecule has 5 aliphatic heterocycles. The Labute approximate surface area is 329 Å². The van der Waals surface area contributed by atoms with E-state index < -0.39 is 0 Å². The van der Waals surface area contributed by atoms with E-state index in [1.165, 1.54) is 39.5 Å². The predicted molar refractivity (Wildman–Crippen MR) is 220 cm³/mol. The van der Waals surface area contributed by atoms with Gasteiger partial charge < -0.3 is 14.5 Å². The minimum atomic E-state index is 0.138. The maximum Gasteiger partial charge on any atom is 0.131 e. The van der Waals surface area contributed by atoms with Gasteiger partial charge in [-0.15, -0.1) is 0 Å². The zero-order valence-corrected chi connectivity index (χ0v) is 31.5. The fraction of sp³-hybridized carbons (Fsp3) is 0.360. The van der Waals surface area contributed by atoms with Crippen LogP contribution in [0.4, 0.5) is 0 Å². The van der Waals surface area contributed by atoms with Crippen molar-refractivity contribution in [1.82, 2.24) is 14.7 Å². The third-order valence-corrected chi connectivity index (χ3v) is 15.4. The second-order valence-corrected chi connectivity index (χ2v) is 17.8. The van der Waals surface area contributed by atoms with Crippen LogP contribution in [0.5, 0.6) is 0 Å². The number of fused-ring (bicyclic) bond motifs is 2. The molecule has 12 unspecified atom stereocenters. The minimum Gasteiger partial charge on any atom is -0.372 e. The Morgan fingerprint density at radius 2 is 0.804 bits per heavy atom. The summed E-state index contributed by atoms with van der Waals surface area (Å²) in [7, 11) is 0. The number of rotatable bonds is 5. The summed E-state index contributed by atoms with van der Waals surface area (Å²) in [5.74, 6) is 3.42. The normalized spacial score (nSPS) is 38.4. The van der Waals surface area contributed by atoms with E-state index in [-0.39, 0.29) is 48.5 Å². The van der Waals surface area contributed by atoms with Crippen LogP contribution in [0, 0.1) is 0 Å². The molecule has 0 N–H and O–H groups in total. The van der Waals surface area contributed by atoms with Gasteiger partial charge in [-0.25, -0.2) is 0 Å². The van der Waals surface area contributed by atoms with Crippen molar-refractivity contribution in [3.8, 4) is 0 Å². The summed E-state index contributed by atoms with van der Waals surface area (Å²) in [5, 5.41) is 0. The second kappa shape index (κ2) is 12.2. The molecule has 3 saturated carbocycles. The fourth-order valence-electron chi connectivity index (χ4n) is 13.5. The quantitative estimate of drug-likeness (QED) is 0.185. The molecule has 6 fully saturated rings. The number of nitrogens with zero attached hydrogens (tertiary/aromatic N) is 5. The van der Waals surface area contributed by atoms with Crippen LogP contribution in [-0.4, -0.2) is 93.0 Å². The van der Waals surface area contributed by atoms with Gasteiger partial charge in [0.05, 0.1) is 54.5 Å². The molecular formula is C50H47N5O. The molecule has 8 aliphatic rings. The lowest BCUT2D eigenvalue weighted by molar-refractivity contribution is -0.267. The highest BCUT2D eigenvalue weighted by Gasteiger charge is 2.73. The van der Waals surface area contributed by atoms with Gasteiger partial charge in [0.25, 0.3) is 0 Å². The van der Waals surface area contributed by atoms with Gasteiger partial charge in [0, 0.05) is 35.0 Å². The molecule has 56 heavy (non-hydrogen) atoms. The lowest BCUT2D eigenvalue weighted by Gasteiger charge is -2.73. The van der Waals surface area contributed by atoms with Gasteiger partial charge in [-0.3, -0.25) is 14.9 Å². The Morgan fingerprint density at radius 1 is 0.411 bits per heavy atom. The van der Waals surface area contributed by atoms with E-state index in [4.69, 9.17) is 14.7 Å². The number of ether oxygens (including phenoxy) is 1. The SMILES string of the molecule is c1ccc(C2=NC3C(c4ccccc4)CC4OC5CC(c6ccccc6)C6N=C(c7ccccc7)N7C8CC(c9ccccc9)CC9C8N(C4C3N29)C5C67)cc1. The molecule has 6 heteroatoms. The molecule has 3 aliphatic carbocycles. The van der Waals surface area contributed by atoms with E-state index in [9.17, 15) is 0 Å². The molecule has 12 atom stereocenters. The standard InChI is InChI=1S/C50H47N5O/c1-6-16-30(17-7-1)35-26-38-44-39(27-35)54-48-43(52-50(54)34-24-14-5-15-25-34)37(32-20-10-3-11-21-32)29-41-46(48)55(44)45-40(56-41)28-36(31-18-8-2-9-19-31)42-47(45)53(38)49(51-42)33-22-12-4-13-23-33/h1-25,35-48H,26-29H2. The van der Waals surface area contributed by atoms with Crippen LogP contribution in [0.2, 0.25) is 0 Å². The Morgan fingerprint density at radius 3 is 1.23 bits per heavy atom. The maximum absolute atomic E-state index is 7.73. The maximum atomic E-state index is 7.73. The summed E-state index contributed by atoms with van der Waals surface area (Å²) >= 11 is 0. The zero-order chi connectivity index (χ0) is 36.5. The van der Waals surface area contributed by atoms with Gasteiger partial charge in [0.2, 0.25) is 0 Å². The van der Waals surface area contributed by atoms with Gasteiger partial charge in [-0.2, -0.15) is 0 Å². The van der Waals surface area contributed by atoms with Crippen LogP contribution >= 0.6 is 0 Å². The van der Waals surface area contributed by atoms with Crippen LogP contribution in [0.25, 0.3) is 0 Å². The first-order chi connectivity index (χ1) is 27.8. The molecule has 13 rings (SSSR count). The summed E-state index contributed by atoms with van der Waals surface area (Å²) in [6, 6.07) is 58.6. The van der Waals surface area contributed by atoms with E-state index >= 15 is 0 Å². The first-order valence-electron chi connectivity index (χ1n) is 21.2. The average Bonchev–Trinajstić information content (AvgIpc) is 3.88. The molecule has 0 radical (unpaired) electrons. The smallest absolute Gasteiger partial charge is 0.131 e. The lowest BCUT2D eigenvalue weighted by atomic mass is 9.61. The number of hydrogen-bond donors (Lipinski definition) is 0. The van der Waals surface area contributed by atoms with E-state index in [0.717, 1.165) is 25.7 Å². The van der Waals surface area contributed by atoms with Crippen LogP contribution in [0.15, 0.2) is 162 Å². The third kappa shape index (κ3) is 4.46. The van der Waals surface area contributed by atoms with E-state index in [2.05, 4.69) is 166 Å². The van der Waals surface area contributed by atoms with Crippen molar-refractivity contribution in [3.63, 3.8) is 0 Å². The molecule has 0 amide bonds. The highest BCUT2D eigenvalue weighted by atomic mass is 16.5. The van der Waals surface area contributed by atoms with Crippen LogP contribution < -0.4 is 0 Å². The minimum absolute atomic E-state index is 0.138. The second-order valence-electron chi connectivity index (χ2n) is 17.8. The third-order valence-electron chi connectivity index (χ3n) is 15.4. The Balaban J connectivity index is 1.04. The van der Waals surface area contributed by atoms with Crippen molar-refractivity contribution < 1.29 is 4.74 Å². The van der Waals surface area contributed by atoms with Crippen molar-refractivity contribution in [2.75, 3.05) is 0 Å². The molecule has 5 heterocycles. The Hall–Kier alpha value is -5.04. The molecule has 6 nitrogen and oxygen atoms in total. The highest BCUT2D eigenvalue weighted by molar-refractivity contribution is 6.02. The topological polar surface area (TPSA) is 43.7 Å². The molecule has 0 bridgehead atoms. The van der Waals surface area contributed by atoms with Crippen molar-refractivity contribution in [1.29, 1.82) is 0 Å². The molecule has 278 valence electrons. The van der Waals surface area contributed by atoms with E-state index in [1.54, 1.807) is 0 Å². The number of piperazine rings is 2. The molecule has 5 aromatic rings. The summed E-state index contributed by atoms with van der Waals surface area (Å²) in [5.41, 5.74) is 6.76. The fourth-order valence-corrected chi connectivity index (χ4v) is 13.5. The monoisotopic (exact) mass is 733 g/mol. The average molecular weight is 734 g/mol. The molecule has 3 saturated heterocycles. The predicted octanol–water partition coefficient (Wildman–Crippen LogP) is 7.88. The van der Waals surface area contributed by atoms with E-state index in [0.29, 0.717) is 35.9 Å². The number of aliphatic imine (C=N–C) groups is 2. The molecular weight excluding hydrogens is 687 g/mol. The number of amidine groups is 2. The summed E-state index contributed by atoms with van der Waals surface area (Å²) in [6.45, 7) is 0. The highest BCUT2D eigenvalue weighted by Crippen LogP contribution is 2.60. The van der Waals surface area contributed by atoms with Gasteiger partial charge in [-0.05, 0) is 48.3 Å². The van der Waals surface area contributed by atoms with Crippen LogP contribution in [-0.2, 0) is 4.74 Å². The number of benzene rings is 5. The van der Waals surface area contributed by atoms with Crippen molar-refractivity contribution in [2.45, 2.75) is 110 Å². The Bertz CT molecular complexity index is 2180. The largest absolute Gasteiger partial charge is 0.372 e. The zero-order valence-electron chi connectivity index (χ0n) is 31.5. The first-order valence-corrected chi connectivity index (χ1v) is 21.2. The van der Waals surface area contributed by atoms with Crippen LogP contribution in [0.3, 0.4) is 0 Å². The lowest BCUT2D eigenvalue weighted by Crippen LogP contribution is -2.88. The van der Waals surface area contributed by atoms with Gasteiger partial charge in [-0.1, -0.05) is 152 Å².